The van der Waals surface area contributed by atoms with Crippen LogP contribution in [0.5, 0.6) is 0 Å². The van der Waals surface area contributed by atoms with E-state index < -0.39 is 0 Å². The number of fused-ring (bicyclic) bond motifs is 8. The second kappa shape index (κ2) is 5.14. The number of hydrogen-bond acceptors (Lipinski definition) is 0. The van der Waals surface area contributed by atoms with Crippen LogP contribution in [-0.2, 0) is 0 Å². The summed E-state index contributed by atoms with van der Waals surface area (Å²) in [6.45, 7) is 9.05. The number of aryl methyl sites for hydroxylation is 4. The standard InChI is InChI=1S/C28H22N2/c1-15-13-21-19-9-5-7-11-23(19)30-26-18(4)16(2)14-22-20-10-6-8-12-24(20)29(28(22)26)25(17(15)3)27(21)30/h5-14H,1-4H3. The Morgan fingerprint density at radius 3 is 1.30 bits per heavy atom. The molecule has 0 aliphatic rings. The smallest absolute Gasteiger partial charge is 0.0786 e. The lowest BCUT2D eigenvalue weighted by Crippen LogP contribution is -2.02. The summed E-state index contributed by atoms with van der Waals surface area (Å²) < 4.78 is 5.08. The number of hydrogen-bond donors (Lipinski definition) is 0. The number of rotatable bonds is 0. The van der Waals surface area contributed by atoms with Crippen LogP contribution in [0.1, 0.15) is 22.3 Å². The lowest BCUT2D eigenvalue weighted by molar-refractivity contribution is 1.21. The molecule has 3 heterocycles. The van der Waals surface area contributed by atoms with Gasteiger partial charge < -0.3 is 8.80 Å². The van der Waals surface area contributed by atoms with Gasteiger partial charge in [0.05, 0.1) is 33.1 Å². The van der Waals surface area contributed by atoms with Crippen molar-refractivity contribution >= 4 is 54.6 Å². The van der Waals surface area contributed by atoms with Gasteiger partial charge in [0.25, 0.3) is 0 Å². The number of aromatic nitrogens is 2. The molecule has 7 rings (SSSR count). The van der Waals surface area contributed by atoms with Crippen LogP contribution in [0, 0.1) is 27.7 Å². The lowest BCUT2D eigenvalue weighted by atomic mass is 10.0. The van der Waals surface area contributed by atoms with Crippen LogP contribution in [0.3, 0.4) is 0 Å². The highest BCUT2D eigenvalue weighted by Gasteiger charge is 2.24. The predicted octanol–water partition coefficient (Wildman–Crippen LogP) is 7.48. The van der Waals surface area contributed by atoms with E-state index in [1.54, 1.807) is 0 Å². The molecule has 0 aliphatic heterocycles. The fourth-order valence-electron chi connectivity index (χ4n) is 5.68. The topological polar surface area (TPSA) is 8.82 Å². The zero-order chi connectivity index (χ0) is 20.3. The van der Waals surface area contributed by atoms with E-state index in [0.717, 1.165) is 0 Å². The molecule has 0 N–H and O–H groups in total. The zero-order valence-corrected chi connectivity index (χ0v) is 17.7. The van der Waals surface area contributed by atoms with Crippen molar-refractivity contribution in [1.29, 1.82) is 0 Å². The molecule has 144 valence electrons. The van der Waals surface area contributed by atoms with Gasteiger partial charge in [-0.2, -0.15) is 0 Å². The largest absolute Gasteiger partial charge is 0.305 e. The molecule has 0 bridgehead atoms. The van der Waals surface area contributed by atoms with Gasteiger partial charge in [-0.15, -0.1) is 0 Å². The van der Waals surface area contributed by atoms with Crippen LogP contribution in [0.2, 0.25) is 0 Å². The maximum Gasteiger partial charge on any atom is 0.0786 e. The second-order valence-electron chi connectivity index (χ2n) is 8.83. The van der Waals surface area contributed by atoms with Crippen molar-refractivity contribution in [3.8, 4) is 0 Å². The SMILES string of the molecule is Cc1cc2c3ccccc3n3c4c(C)c(C)cc5c6ccccc6n(c(c1C)c23)c54. The van der Waals surface area contributed by atoms with Crippen LogP contribution in [0.4, 0.5) is 0 Å². The second-order valence-corrected chi connectivity index (χ2v) is 8.83. The Balaban J connectivity index is 2.05. The monoisotopic (exact) mass is 386 g/mol. The van der Waals surface area contributed by atoms with Crippen LogP contribution in [0.25, 0.3) is 54.6 Å². The predicted molar refractivity (Wildman–Crippen MR) is 129 cm³/mol. The Hall–Kier alpha value is -3.52. The molecule has 2 heteroatoms. The third-order valence-electron chi connectivity index (χ3n) is 7.34. The normalized spacial score (nSPS) is 12.7. The van der Waals surface area contributed by atoms with Gasteiger partial charge in [-0.3, -0.25) is 0 Å². The van der Waals surface area contributed by atoms with Crippen molar-refractivity contribution in [2.24, 2.45) is 0 Å². The molecule has 0 aliphatic carbocycles. The first-order valence-electron chi connectivity index (χ1n) is 10.7. The third-order valence-corrected chi connectivity index (χ3v) is 7.34. The number of benzene rings is 4. The van der Waals surface area contributed by atoms with Gasteiger partial charge in [0.2, 0.25) is 0 Å². The number of para-hydroxylation sites is 2. The quantitative estimate of drug-likeness (QED) is 0.239. The van der Waals surface area contributed by atoms with Crippen molar-refractivity contribution in [3.63, 3.8) is 0 Å². The molecule has 0 amide bonds. The van der Waals surface area contributed by atoms with Gasteiger partial charge in [-0.1, -0.05) is 36.4 Å². The summed E-state index contributed by atoms with van der Waals surface area (Å²) in [6, 6.07) is 22.5. The Morgan fingerprint density at radius 1 is 0.467 bits per heavy atom. The summed E-state index contributed by atoms with van der Waals surface area (Å²) in [5, 5.41) is 5.37. The summed E-state index contributed by atoms with van der Waals surface area (Å²) in [5.41, 5.74) is 13.3. The average molecular weight is 386 g/mol. The Bertz CT molecular complexity index is 1690. The van der Waals surface area contributed by atoms with E-state index in [1.807, 2.05) is 0 Å². The highest BCUT2D eigenvalue weighted by atomic mass is 15.0. The van der Waals surface area contributed by atoms with E-state index in [4.69, 9.17) is 0 Å². The maximum atomic E-state index is 2.54. The highest BCUT2D eigenvalue weighted by molar-refractivity contribution is 6.22. The third kappa shape index (κ3) is 1.65. The first-order chi connectivity index (χ1) is 14.6. The molecule has 0 atom stereocenters. The minimum atomic E-state index is 1.30. The van der Waals surface area contributed by atoms with Gasteiger partial charge >= 0.3 is 0 Å². The van der Waals surface area contributed by atoms with Crippen LogP contribution >= 0.6 is 0 Å². The minimum Gasteiger partial charge on any atom is -0.305 e. The Kier molecular flexibility index (Phi) is 2.79. The summed E-state index contributed by atoms with van der Waals surface area (Å²) in [7, 11) is 0. The molecular formula is C28H22N2. The molecule has 0 fully saturated rings. The molecule has 0 spiro atoms. The van der Waals surface area contributed by atoms with E-state index >= 15 is 0 Å². The van der Waals surface area contributed by atoms with E-state index in [2.05, 4.69) is 97.2 Å². The maximum absolute atomic E-state index is 2.54. The van der Waals surface area contributed by atoms with Crippen molar-refractivity contribution in [2.45, 2.75) is 27.7 Å². The van der Waals surface area contributed by atoms with E-state index in [1.165, 1.54) is 76.9 Å². The van der Waals surface area contributed by atoms with Crippen LogP contribution in [-0.4, -0.2) is 8.80 Å². The Morgan fingerprint density at radius 2 is 0.867 bits per heavy atom. The summed E-state index contributed by atoms with van der Waals surface area (Å²) in [5.74, 6) is 0. The summed E-state index contributed by atoms with van der Waals surface area (Å²) in [4.78, 5) is 0. The average Bonchev–Trinajstić information content (AvgIpc) is 3.25. The minimum absolute atomic E-state index is 1.30. The highest BCUT2D eigenvalue weighted by Crippen LogP contribution is 2.43. The molecule has 30 heavy (non-hydrogen) atoms. The molecule has 7 aromatic rings. The Labute approximate surface area is 174 Å². The van der Waals surface area contributed by atoms with Crippen molar-refractivity contribution in [3.05, 3.63) is 82.9 Å². The van der Waals surface area contributed by atoms with Gasteiger partial charge in [-0.25, -0.2) is 0 Å². The molecule has 0 radical (unpaired) electrons. The zero-order valence-electron chi connectivity index (χ0n) is 17.7. The van der Waals surface area contributed by atoms with Gasteiger partial charge in [-0.05, 0) is 74.2 Å². The van der Waals surface area contributed by atoms with Gasteiger partial charge in [0.15, 0.2) is 0 Å². The molecule has 0 saturated carbocycles. The summed E-state index contributed by atoms with van der Waals surface area (Å²) in [6.07, 6.45) is 0. The van der Waals surface area contributed by atoms with E-state index in [9.17, 15) is 0 Å². The van der Waals surface area contributed by atoms with Crippen molar-refractivity contribution < 1.29 is 0 Å². The lowest BCUT2D eigenvalue weighted by Gasteiger charge is -2.17. The fourth-order valence-corrected chi connectivity index (χ4v) is 5.68. The van der Waals surface area contributed by atoms with Gasteiger partial charge in [0.1, 0.15) is 0 Å². The first kappa shape index (κ1) is 16.3. The molecule has 0 unspecified atom stereocenters. The fraction of sp³-hybridized carbons (Fsp3) is 0.143. The molecule has 3 aromatic heterocycles. The molecular weight excluding hydrogens is 364 g/mol. The first-order valence-corrected chi connectivity index (χ1v) is 10.7. The summed E-state index contributed by atoms with van der Waals surface area (Å²) >= 11 is 0. The van der Waals surface area contributed by atoms with E-state index in [0.29, 0.717) is 0 Å². The molecule has 0 saturated heterocycles. The molecule has 2 nitrogen and oxygen atoms in total. The van der Waals surface area contributed by atoms with Crippen molar-refractivity contribution in [1.82, 2.24) is 8.80 Å². The molecule has 4 aromatic carbocycles. The van der Waals surface area contributed by atoms with E-state index in [-0.39, 0.29) is 0 Å². The van der Waals surface area contributed by atoms with Crippen LogP contribution in [0.15, 0.2) is 60.7 Å². The number of nitrogens with zero attached hydrogens (tertiary/aromatic N) is 2. The van der Waals surface area contributed by atoms with Crippen LogP contribution < -0.4 is 0 Å². The van der Waals surface area contributed by atoms with Gasteiger partial charge in [0, 0.05) is 21.5 Å². The van der Waals surface area contributed by atoms with Crippen molar-refractivity contribution in [2.75, 3.05) is 0 Å².